The zero-order valence-corrected chi connectivity index (χ0v) is 22.2. The average Bonchev–Trinajstić information content (AvgIpc) is 3.45. The molecule has 4 nitrogen and oxygen atoms in total. The fraction of sp³-hybridized carbons (Fsp3) is 0.312. The van der Waals surface area contributed by atoms with E-state index in [9.17, 15) is 5.11 Å². The quantitative estimate of drug-likeness (QED) is 0.544. The zero-order chi connectivity index (χ0) is 25.6. The Kier molecular flexibility index (Phi) is 6.29. The van der Waals surface area contributed by atoms with Crippen LogP contribution in [0.15, 0.2) is 61.9 Å². The van der Waals surface area contributed by atoms with Crippen molar-refractivity contribution in [1.29, 1.82) is 0 Å². The Morgan fingerprint density at radius 1 is 0.694 bits per heavy atom. The van der Waals surface area contributed by atoms with Crippen molar-refractivity contribution in [2.24, 2.45) is 9.98 Å². The number of nitrogens with one attached hydrogen (secondary N) is 1. The summed E-state index contributed by atoms with van der Waals surface area (Å²) in [5.41, 5.74) is 13.3. The molecular weight excluding hydrogens is 442 g/mol. The van der Waals surface area contributed by atoms with Gasteiger partial charge < -0.3 is 10.1 Å². The van der Waals surface area contributed by atoms with Crippen LogP contribution in [0.25, 0.3) is 24.3 Å². The highest BCUT2D eigenvalue weighted by atomic mass is 16.3. The van der Waals surface area contributed by atoms with E-state index in [1.165, 1.54) is 33.4 Å². The number of allylic oxidation sites excluding steroid dienone is 4. The summed E-state index contributed by atoms with van der Waals surface area (Å²) >= 11 is 0. The fourth-order valence-corrected chi connectivity index (χ4v) is 5.70. The van der Waals surface area contributed by atoms with Gasteiger partial charge in [0.1, 0.15) is 5.75 Å². The van der Waals surface area contributed by atoms with Crippen molar-refractivity contribution in [2.75, 3.05) is 0 Å². The van der Waals surface area contributed by atoms with E-state index in [0.29, 0.717) is 0 Å². The van der Waals surface area contributed by atoms with Crippen molar-refractivity contribution in [3.8, 4) is 5.75 Å². The minimum atomic E-state index is 0.254. The van der Waals surface area contributed by atoms with Crippen molar-refractivity contribution >= 4 is 35.7 Å². The van der Waals surface area contributed by atoms with E-state index in [0.717, 1.165) is 70.3 Å². The highest BCUT2D eigenvalue weighted by molar-refractivity contribution is 6.24. The topological polar surface area (TPSA) is 60.7 Å². The molecule has 184 valence electrons. The number of phenolic OH excluding ortho intramolecular Hbond substituents is 1. The number of nitrogens with zero attached hydrogens (tertiary/aromatic N) is 2. The molecule has 8 bridgehead atoms. The first-order chi connectivity index (χ1) is 17.4. The van der Waals surface area contributed by atoms with Crippen molar-refractivity contribution < 1.29 is 5.11 Å². The van der Waals surface area contributed by atoms with Crippen molar-refractivity contribution in [3.63, 3.8) is 0 Å². The second-order valence-corrected chi connectivity index (χ2v) is 9.69. The first-order valence-electron chi connectivity index (χ1n) is 13.2. The van der Waals surface area contributed by atoms with Crippen LogP contribution in [-0.2, 0) is 12.8 Å². The van der Waals surface area contributed by atoms with E-state index in [4.69, 9.17) is 9.98 Å². The van der Waals surface area contributed by atoms with Gasteiger partial charge in [0.05, 0.1) is 22.8 Å². The average molecular weight is 478 g/mol. The second-order valence-electron chi connectivity index (χ2n) is 9.69. The molecule has 1 aromatic heterocycles. The number of hydrogen-bond donors (Lipinski definition) is 2. The Morgan fingerprint density at radius 2 is 1.22 bits per heavy atom. The summed E-state index contributed by atoms with van der Waals surface area (Å²) in [6.45, 7) is 13.1. The summed E-state index contributed by atoms with van der Waals surface area (Å²) < 4.78 is 0. The molecule has 4 heteroatoms. The van der Waals surface area contributed by atoms with Crippen LogP contribution >= 0.6 is 0 Å². The molecule has 36 heavy (non-hydrogen) atoms. The molecule has 0 saturated carbocycles. The number of aliphatic imine (C=N–C) groups is 2. The maximum atomic E-state index is 10.7. The van der Waals surface area contributed by atoms with Crippen LogP contribution in [0.5, 0.6) is 5.75 Å². The Hall–Kier alpha value is -3.66. The highest BCUT2D eigenvalue weighted by Gasteiger charge is 2.21. The van der Waals surface area contributed by atoms with Gasteiger partial charge in [0, 0.05) is 16.3 Å². The summed E-state index contributed by atoms with van der Waals surface area (Å²) in [5, 5.41) is 12.9. The van der Waals surface area contributed by atoms with Crippen molar-refractivity contribution in [1.82, 2.24) is 4.98 Å². The molecule has 0 atom stereocenters. The van der Waals surface area contributed by atoms with E-state index < -0.39 is 0 Å². The van der Waals surface area contributed by atoms with E-state index >= 15 is 0 Å². The maximum absolute atomic E-state index is 10.7. The lowest BCUT2D eigenvalue weighted by Crippen LogP contribution is -2.16. The van der Waals surface area contributed by atoms with Crippen LogP contribution in [0, 0.1) is 0 Å². The maximum Gasteiger partial charge on any atom is 0.122 e. The minimum Gasteiger partial charge on any atom is -0.507 e. The Morgan fingerprint density at radius 3 is 1.72 bits per heavy atom. The first kappa shape index (κ1) is 24.1. The number of phenols is 1. The molecule has 1 aromatic carbocycles. The summed E-state index contributed by atoms with van der Waals surface area (Å²) in [7, 11) is 0. The number of H-pyrrole nitrogens is 1. The van der Waals surface area contributed by atoms with Gasteiger partial charge in [0.15, 0.2) is 0 Å². The van der Waals surface area contributed by atoms with E-state index in [1.807, 2.05) is 18.2 Å². The highest BCUT2D eigenvalue weighted by Crippen LogP contribution is 2.33. The third kappa shape index (κ3) is 3.95. The normalized spacial score (nSPS) is 16.9. The molecular formula is C32H35N3O. The van der Waals surface area contributed by atoms with Gasteiger partial charge >= 0.3 is 0 Å². The Balaban J connectivity index is 1.89. The molecule has 0 saturated heterocycles. The van der Waals surface area contributed by atoms with Crippen LogP contribution in [0.1, 0.15) is 76.6 Å². The zero-order valence-electron chi connectivity index (χ0n) is 22.2. The first-order valence-corrected chi connectivity index (χ1v) is 13.2. The monoisotopic (exact) mass is 477 g/mol. The molecule has 2 N–H and O–H groups in total. The van der Waals surface area contributed by atoms with Crippen LogP contribution in [0.3, 0.4) is 0 Å². The fourth-order valence-electron chi connectivity index (χ4n) is 5.70. The second kappa shape index (κ2) is 9.42. The summed E-state index contributed by atoms with van der Waals surface area (Å²) in [4.78, 5) is 13.9. The molecule has 0 radical (unpaired) electrons. The van der Waals surface area contributed by atoms with E-state index in [1.54, 1.807) is 6.07 Å². The molecule has 2 aromatic rings. The molecule has 0 aliphatic carbocycles. The lowest BCUT2D eigenvalue weighted by Gasteiger charge is -2.05. The largest absolute Gasteiger partial charge is 0.507 e. The standard InChI is InChI=1S/C32H35N3O/c1-7-22-18(5)26-14-20-11-12-32(36)21(13-20)15-27-19(6)23(8-2)29(34-27)17-31-25(10-4)24(9-3)30(35-31)16-28(22)33-26/h11-17,35-36H,7-10H2,1-6H3. The molecule has 0 fully saturated rings. The van der Waals surface area contributed by atoms with Gasteiger partial charge in [0.25, 0.3) is 0 Å². The van der Waals surface area contributed by atoms with Crippen LogP contribution in [0.4, 0.5) is 0 Å². The number of benzene rings is 1. The molecule has 5 rings (SSSR count). The van der Waals surface area contributed by atoms with Gasteiger partial charge in [-0.25, -0.2) is 9.98 Å². The minimum absolute atomic E-state index is 0.254. The van der Waals surface area contributed by atoms with E-state index in [-0.39, 0.29) is 5.75 Å². The number of rotatable bonds is 4. The van der Waals surface area contributed by atoms with Gasteiger partial charge in [-0.3, -0.25) is 0 Å². The predicted octanol–water partition coefficient (Wildman–Crippen LogP) is 6.16. The van der Waals surface area contributed by atoms with E-state index in [2.05, 4.69) is 64.8 Å². The molecule has 4 heterocycles. The van der Waals surface area contributed by atoms with Gasteiger partial charge in [-0.05, 0) is 115 Å². The number of hydrogen-bond acceptors (Lipinski definition) is 3. The Bertz CT molecular complexity index is 1580. The third-order valence-electron chi connectivity index (χ3n) is 7.68. The van der Waals surface area contributed by atoms with Gasteiger partial charge in [0.2, 0.25) is 0 Å². The molecule has 3 aliphatic heterocycles. The van der Waals surface area contributed by atoms with Crippen LogP contribution < -0.4 is 10.7 Å². The third-order valence-corrected chi connectivity index (χ3v) is 7.68. The Labute approximate surface area is 213 Å². The SMILES string of the molecule is CCC1=C(C)C2=Cc3ccc(O)c(c3)C=C3N=C(C=c4[nH]c(c(CC)c4CC)=CC1=N2)C(CC)=C3C. The van der Waals surface area contributed by atoms with Crippen LogP contribution in [-0.4, -0.2) is 21.5 Å². The number of aromatic nitrogens is 1. The lowest BCUT2D eigenvalue weighted by atomic mass is 10.0. The van der Waals surface area contributed by atoms with Gasteiger partial charge in [-0.2, -0.15) is 0 Å². The summed E-state index contributed by atoms with van der Waals surface area (Å²) in [6, 6.07) is 5.73. The summed E-state index contributed by atoms with van der Waals surface area (Å²) in [5.74, 6) is 0.254. The predicted molar refractivity (Wildman–Crippen MR) is 153 cm³/mol. The molecule has 3 aliphatic rings. The molecule has 0 spiro atoms. The number of aromatic amines is 1. The molecule has 0 unspecified atom stereocenters. The van der Waals surface area contributed by atoms with Crippen molar-refractivity contribution in [3.05, 3.63) is 84.8 Å². The number of fused-ring (bicyclic) bond motifs is 6. The van der Waals surface area contributed by atoms with Gasteiger partial charge in [-0.15, -0.1) is 0 Å². The lowest BCUT2D eigenvalue weighted by molar-refractivity contribution is 0.474. The van der Waals surface area contributed by atoms with Gasteiger partial charge in [-0.1, -0.05) is 33.8 Å². The molecule has 0 amide bonds. The van der Waals surface area contributed by atoms with Crippen LogP contribution in [0.2, 0.25) is 0 Å². The van der Waals surface area contributed by atoms with Crippen molar-refractivity contribution in [2.45, 2.75) is 67.2 Å². The smallest absolute Gasteiger partial charge is 0.122 e. The summed E-state index contributed by atoms with van der Waals surface area (Å²) in [6.07, 6.45) is 12.3. The number of aromatic hydroxyl groups is 1.